The number of urea groups is 1. The number of hydrogen-bond donors (Lipinski definition) is 7. The van der Waals surface area contributed by atoms with Gasteiger partial charge in [-0.2, -0.15) is 0 Å². The monoisotopic (exact) mass is 662 g/mol. The molecule has 0 spiro atoms. The first-order valence-corrected chi connectivity index (χ1v) is 15.7. The van der Waals surface area contributed by atoms with Crippen molar-refractivity contribution in [1.29, 1.82) is 0 Å². The number of aliphatic hydroxyl groups excluding tert-OH is 2. The zero-order valence-corrected chi connectivity index (χ0v) is 27.8. The molecule has 1 fully saturated rings. The van der Waals surface area contributed by atoms with Crippen LogP contribution in [-0.2, 0) is 27.3 Å². The van der Waals surface area contributed by atoms with E-state index in [4.69, 9.17) is 10.5 Å². The lowest BCUT2D eigenvalue weighted by Crippen LogP contribution is -2.65. The van der Waals surface area contributed by atoms with E-state index < -0.39 is 63.6 Å². The summed E-state index contributed by atoms with van der Waals surface area (Å²) in [7, 11) is 3.10. The Morgan fingerprint density at radius 2 is 1.79 bits per heavy atom. The number of carbonyl (C=O) groups is 4. The molecule has 0 aromatic heterocycles. The van der Waals surface area contributed by atoms with Crippen LogP contribution >= 0.6 is 0 Å². The summed E-state index contributed by atoms with van der Waals surface area (Å²) in [4.78, 5) is 53.7. The third-order valence-electron chi connectivity index (χ3n) is 9.20. The van der Waals surface area contributed by atoms with Crippen LogP contribution in [-0.4, -0.2) is 86.7 Å². The van der Waals surface area contributed by atoms with E-state index in [1.54, 1.807) is 26.2 Å². The lowest BCUT2D eigenvalue weighted by atomic mass is 9.57. The minimum Gasteiger partial charge on any atom is -0.508 e. The standard InChI is InChI=1S/C35H42N4O9/c1-7-48-23-11-8-16(12-18(23)15-37-33(46)38-34(2,3)4)19-9-10-22(40)25-20(19)13-17-14-21-27(39(5)6)29(42)26(32(36)45)31(44)35(21,47)30(43)24(17)28(25)41/h8-12,17,21,27,40-41,44,47H,7,13-15H2,1-6H3,(H2,36,45)(H2,37,38,46)/t17-,21+,27?,35+/m1/s1. The molecule has 0 bridgehead atoms. The van der Waals surface area contributed by atoms with E-state index >= 15 is 0 Å². The van der Waals surface area contributed by atoms with Crippen LogP contribution in [0.25, 0.3) is 16.9 Å². The van der Waals surface area contributed by atoms with E-state index in [2.05, 4.69) is 10.6 Å². The van der Waals surface area contributed by atoms with Crippen molar-refractivity contribution in [3.05, 3.63) is 63.9 Å². The quantitative estimate of drug-likeness (QED) is 0.215. The smallest absolute Gasteiger partial charge is 0.315 e. The van der Waals surface area contributed by atoms with Crippen molar-refractivity contribution in [2.45, 2.75) is 64.3 Å². The van der Waals surface area contributed by atoms with E-state index in [0.29, 0.717) is 34.6 Å². The van der Waals surface area contributed by atoms with Crippen molar-refractivity contribution in [2.75, 3.05) is 20.7 Å². The molecule has 4 atom stereocenters. The normalized spacial score (nSPS) is 23.8. The number of benzene rings is 2. The second-order valence-electron chi connectivity index (χ2n) is 13.8. The highest BCUT2D eigenvalue weighted by Gasteiger charge is 2.64. The number of nitrogens with two attached hydrogens (primary N) is 1. The maximum Gasteiger partial charge on any atom is 0.315 e. The molecule has 13 nitrogen and oxygen atoms in total. The molecule has 3 aliphatic carbocycles. The molecule has 13 heteroatoms. The second kappa shape index (κ2) is 12.3. The van der Waals surface area contributed by atoms with Crippen molar-refractivity contribution >= 4 is 29.3 Å². The van der Waals surface area contributed by atoms with Crippen LogP contribution in [0.5, 0.6) is 11.5 Å². The van der Waals surface area contributed by atoms with Crippen LogP contribution < -0.4 is 21.1 Å². The average molecular weight is 663 g/mol. The number of likely N-dealkylation sites (N-methyl/N-ethyl adjacent to an activating group) is 1. The molecule has 2 aromatic rings. The number of fused-ring (bicyclic) bond motifs is 3. The Morgan fingerprint density at radius 3 is 2.40 bits per heavy atom. The van der Waals surface area contributed by atoms with Gasteiger partial charge in [-0.1, -0.05) is 12.1 Å². The van der Waals surface area contributed by atoms with Gasteiger partial charge in [-0.25, -0.2) is 4.79 Å². The summed E-state index contributed by atoms with van der Waals surface area (Å²) in [5.41, 5.74) is 3.66. The number of phenolic OH excluding ortho intramolecular Hbond substituents is 1. The van der Waals surface area contributed by atoms with Crippen LogP contribution in [0, 0.1) is 11.8 Å². The molecule has 48 heavy (non-hydrogen) atoms. The number of carbonyl (C=O) groups excluding carboxylic acids is 4. The maximum absolute atomic E-state index is 14.1. The number of ketones is 2. The summed E-state index contributed by atoms with van der Waals surface area (Å²) >= 11 is 0. The molecule has 1 unspecified atom stereocenters. The Morgan fingerprint density at radius 1 is 1.10 bits per heavy atom. The van der Waals surface area contributed by atoms with Gasteiger partial charge in [0.15, 0.2) is 11.4 Å². The molecule has 2 aromatic carbocycles. The molecule has 8 N–H and O–H groups in total. The molecular weight excluding hydrogens is 620 g/mol. The number of nitrogens with zero attached hydrogens (tertiary/aromatic N) is 1. The number of phenols is 1. The summed E-state index contributed by atoms with van der Waals surface area (Å²) < 4.78 is 5.82. The number of rotatable bonds is 7. The zero-order valence-electron chi connectivity index (χ0n) is 27.8. The SMILES string of the molecule is CCOc1ccc(-c2ccc(O)c3c2C[C@@H]2C[C@H]4C(N(C)C)C(=O)C(C(N)=O)=C(O)[C@@]4(O)C(=O)C2=C3O)cc1CNC(=O)NC(C)(C)C. The van der Waals surface area contributed by atoms with Gasteiger partial charge in [0.2, 0.25) is 5.78 Å². The van der Waals surface area contributed by atoms with E-state index in [1.807, 2.05) is 39.8 Å². The predicted molar refractivity (Wildman–Crippen MR) is 176 cm³/mol. The Labute approximate surface area is 278 Å². The van der Waals surface area contributed by atoms with E-state index in [0.717, 1.165) is 0 Å². The third-order valence-corrected chi connectivity index (χ3v) is 9.20. The summed E-state index contributed by atoms with van der Waals surface area (Å²) in [6, 6.07) is 6.95. The van der Waals surface area contributed by atoms with Gasteiger partial charge in [-0.15, -0.1) is 0 Å². The van der Waals surface area contributed by atoms with E-state index in [-0.39, 0.29) is 42.3 Å². The molecule has 3 aliphatic rings. The summed E-state index contributed by atoms with van der Waals surface area (Å²) in [5, 5.41) is 51.2. The van der Waals surface area contributed by atoms with Gasteiger partial charge in [0.1, 0.15) is 28.6 Å². The molecule has 3 amide bonds. The molecule has 0 saturated heterocycles. The molecule has 0 heterocycles. The van der Waals surface area contributed by atoms with Crippen LogP contribution in [0.3, 0.4) is 0 Å². The maximum atomic E-state index is 14.1. The first kappa shape index (κ1) is 34.5. The molecular formula is C35H42N4O9. The van der Waals surface area contributed by atoms with Crippen LogP contribution in [0.2, 0.25) is 0 Å². The topological polar surface area (TPSA) is 212 Å². The Bertz CT molecular complexity index is 1790. The number of primary amides is 1. The average Bonchev–Trinajstić information content (AvgIpc) is 2.97. The number of aliphatic hydroxyl groups is 3. The third kappa shape index (κ3) is 5.66. The largest absolute Gasteiger partial charge is 0.508 e. The minimum atomic E-state index is -2.71. The fourth-order valence-corrected chi connectivity index (χ4v) is 7.26. The lowest BCUT2D eigenvalue weighted by molar-refractivity contribution is -0.153. The Balaban J connectivity index is 1.62. The summed E-state index contributed by atoms with van der Waals surface area (Å²) in [5.74, 6) is -6.54. The van der Waals surface area contributed by atoms with Crippen molar-refractivity contribution in [3.63, 3.8) is 0 Å². The number of ether oxygens (including phenoxy) is 1. The fourth-order valence-electron chi connectivity index (χ4n) is 7.26. The number of Topliss-reactive ketones (excluding diaryl/α,β-unsaturated/α-hetero) is 2. The van der Waals surface area contributed by atoms with Crippen LogP contribution in [0.1, 0.15) is 50.8 Å². The molecule has 0 aliphatic heterocycles. The number of nitrogens with one attached hydrogen (secondary N) is 2. The molecule has 5 rings (SSSR count). The van der Waals surface area contributed by atoms with Gasteiger partial charge in [-0.3, -0.25) is 19.3 Å². The molecule has 256 valence electrons. The van der Waals surface area contributed by atoms with Gasteiger partial charge in [-0.05, 0) is 95.4 Å². The summed E-state index contributed by atoms with van der Waals surface area (Å²) in [6.07, 6.45) is 0.106. The van der Waals surface area contributed by atoms with Gasteiger partial charge < -0.3 is 41.5 Å². The predicted octanol–water partition coefficient (Wildman–Crippen LogP) is 2.63. The fraction of sp³-hybridized carbons (Fsp3) is 0.429. The highest BCUT2D eigenvalue weighted by atomic mass is 16.5. The van der Waals surface area contributed by atoms with Gasteiger partial charge >= 0.3 is 6.03 Å². The zero-order chi connectivity index (χ0) is 35.5. The number of amides is 3. The van der Waals surface area contributed by atoms with Crippen molar-refractivity contribution < 1.29 is 44.3 Å². The van der Waals surface area contributed by atoms with Crippen molar-refractivity contribution in [1.82, 2.24) is 15.5 Å². The molecule has 0 radical (unpaired) electrons. The van der Waals surface area contributed by atoms with Gasteiger partial charge in [0.05, 0.1) is 18.2 Å². The summed E-state index contributed by atoms with van der Waals surface area (Å²) in [6.45, 7) is 7.98. The van der Waals surface area contributed by atoms with E-state index in [9.17, 15) is 39.6 Å². The van der Waals surface area contributed by atoms with Crippen molar-refractivity contribution in [3.8, 4) is 22.6 Å². The highest BCUT2D eigenvalue weighted by molar-refractivity contribution is 6.24. The van der Waals surface area contributed by atoms with Crippen molar-refractivity contribution in [2.24, 2.45) is 17.6 Å². The minimum absolute atomic E-state index is 0.0121. The van der Waals surface area contributed by atoms with Gasteiger partial charge in [0.25, 0.3) is 5.91 Å². The second-order valence-corrected chi connectivity index (χ2v) is 13.8. The molecule has 1 saturated carbocycles. The van der Waals surface area contributed by atoms with Crippen LogP contribution in [0.15, 0.2) is 47.2 Å². The van der Waals surface area contributed by atoms with Crippen LogP contribution in [0.4, 0.5) is 4.79 Å². The number of hydrogen-bond acceptors (Lipinski definition) is 10. The van der Waals surface area contributed by atoms with E-state index in [1.165, 1.54) is 11.0 Å². The number of aromatic hydroxyl groups is 1. The highest BCUT2D eigenvalue weighted by Crippen LogP contribution is 2.53. The first-order chi connectivity index (χ1) is 22.4. The van der Waals surface area contributed by atoms with Gasteiger partial charge in [0, 0.05) is 29.1 Å². The first-order valence-electron chi connectivity index (χ1n) is 15.7. The Hall–Kier alpha value is -4.88. The Kier molecular flexibility index (Phi) is 8.82. The lowest BCUT2D eigenvalue weighted by Gasteiger charge is -2.50.